The maximum absolute atomic E-state index is 12.5. The van der Waals surface area contributed by atoms with E-state index in [-0.39, 0.29) is 18.4 Å². The van der Waals surface area contributed by atoms with Crippen LogP contribution in [0.4, 0.5) is 0 Å². The molecule has 0 bridgehead atoms. The van der Waals surface area contributed by atoms with Gasteiger partial charge in [-0.3, -0.25) is 9.69 Å². The molecule has 1 fully saturated rings. The summed E-state index contributed by atoms with van der Waals surface area (Å²) < 4.78 is 0.605. The van der Waals surface area contributed by atoms with E-state index in [0.29, 0.717) is 16.6 Å². The summed E-state index contributed by atoms with van der Waals surface area (Å²) in [7, 11) is 0. The lowest BCUT2D eigenvalue weighted by molar-refractivity contribution is -0.129. The van der Waals surface area contributed by atoms with Crippen molar-refractivity contribution in [3.63, 3.8) is 0 Å². The number of thiocarbonyl (C=S) groups is 1. The number of hydrogen-bond acceptors (Lipinski definition) is 4. The highest BCUT2D eigenvalue weighted by Gasteiger charge is 2.34. The fraction of sp³-hybridized carbons (Fsp3) is 0.412. The number of carbonyl (C=O) groups excluding carboxylic acids is 1. The Morgan fingerprint density at radius 2 is 2.22 bits per heavy atom. The molecular formula is C17H20ClNO2S2. The Morgan fingerprint density at radius 1 is 1.48 bits per heavy atom. The molecule has 1 aromatic rings. The van der Waals surface area contributed by atoms with Gasteiger partial charge in [0.2, 0.25) is 5.91 Å². The van der Waals surface area contributed by atoms with Gasteiger partial charge >= 0.3 is 0 Å². The number of rotatable bonds is 7. The van der Waals surface area contributed by atoms with E-state index in [4.69, 9.17) is 23.8 Å². The second-order valence-electron chi connectivity index (χ2n) is 5.36. The van der Waals surface area contributed by atoms with E-state index in [1.165, 1.54) is 17.3 Å². The molecule has 1 N–H and O–H groups in total. The summed E-state index contributed by atoms with van der Waals surface area (Å²) in [6.07, 6.45) is 4.13. The SMILES string of the molecule is O=C(CC(O)/C=C/CCCl)N1C(=S)SC[C@H]1Cc1ccccc1. The fourth-order valence-electron chi connectivity index (χ4n) is 2.46. The van der Waals surface area contributed by atoms with Crippen LogP contribution >= 0.6 is 35.6 Å². The fourth-order valence-corrected chi connectivity index (χ4v) is 4.04. The van der Waals surface area contributed by atoms with Crippen molar-refractivity contribution < 1.29 is 9.90 Å². The van der Waals surface area contributed by atoms with Crippen molar-refractivity contribution in [3.05, 3.63) is 48.0 Å². The topological polar surface area (TPSA) is 40.5 Å². The van der Waals surface area contributed by atoms with Crippen LogP contribution in [0.15, 0.2) is 42.5 Å². The zero-order chi connectivity index (χ0) is 16.7. The molecule has 1 amide bonds. The number of alkyl halides is 1. The van der Waals surface area contributed by atoms with Gasteiger partial charge in [-0.25, -0.2) is 0 Å². The first-order valence-corrected chi connectivity index (χ1v) is 9.48. The average molecular weight is 370 g/mol. The number of allylic oxidation sites excluding steroid dienone is 1. The van der Waals surface area contributed by atoms with Gasteiger partial charge < -0.3 is 5.11 Å². The Kier molecular flexibility index (Phi) is 7.56. The predicted molar refractivity (Wildman–Crippen MR) is 101 cm³/mol. The molecule has 1 aliphatic rings. The van der Waals surface area contributed by atoms with Gasteiger partial charge in [-0.15, -0.1) is 11.6 Å². The Balaban J connectivity index is 1.97. The molecule has 23 heavy (non-hydrogen) atoms. The minimum atomic E-state index is -0.795. The van der Waals surface area contributed by atoms with Crippen LogP contribution in [-0.2, 0) is 11.2 Å². The Hall–Kier alpha value is -0.880. The first kappa shape index (κ1) is 18.5. The maximum atomic E-state index is 12.5. The number of aliphatic hydroxyl groups is 1. The molecule has 0 saturated carbocycles. The number of thioether (sulfide) groups is 1. The highest BCUT2D eigenvalue weighted by molar-refractivity contribution is 8.23. The van der Waals surface area contributed by atoms with Gasteiger partial charge in [0.1, 0.15) is 4.32 Å². The summed E-state index contributed by atoms with van der Waals surface area (Å²) in [6, 6.07) is 10.1. The lowest BCUT2D eigenvalue weighted by Gasteiger charge is -2.24. The van der Waals surface area contributed by atoms with Crippen LogP contribution in [0.25, 0.3) is 0 Å². The highest BCUT2D eigenvalue weighted by Crippen LogP contribution is 2.27. The summed E-state index contributed by atoms with van der Waals surface area (Å²) in [4.78, 5) is 14.2. The average Bonchev–Trinajstić information content (AvgIpc) is 2.89. The Labute approximate surface area is 151 Å². The maximum Gasteiger partial charge on any atom is 0.231 e. The Bertz CT molecular complexity index is 565. The molecule has 0 spiro atoms. The van der Waals surface area contributed by atoms with E-state index in [9.17, 15) is 9.90 Å². The molecule has 3 nitrogen and oxygen atoms in total. The molecule has 1 unspecified atom stereocenters. The summed E-state index contributed by atoms with van der Waals surface area (Å²) >= 11 is 12.4. The quantitative estimate of drug-likeness (QED) is 0.454. The van der Waals surface area contributed by atoms with Crippen molar-refractivity contribution in [2.75, 3.05) is 11.6 Å². The minimum Gasteiger partial charge on any atom is -0.389 e. The number of carbonyl (C=O) groups is 1. The van der Waals surface area contributed by atoms with Gasteiger partial charge in [0.05, 0.1) is 18.6 Å². The third kappa shape index (κ3) is 5.60. The second-order valence-corrected chi connectivity index (χ2v) is 7.39. The number of benzene rings is 1. The van der Waals surface area contributed by atoms with Crippen molar-refractivity contribution in [1.82, 2.24) is 4.90 Å². The lowest BCUT2D eigenvalue weighted by atomic mass is 10.1. The summed E-state index contributed by atoms with van der Waals surface area (Å²) in [5.41, 5.74) is 1.18. The number of hydrogen-bond donors (Lipinski definition) is 1. The van der Waals surface area contributed by atoms with E-state index in [2.05, 4.69) is 12.1 Å². The van der Waals surface area contributed by atoms with Gasteiger partial charge in [0.15, 0.2) is 0 Å². The third-order valence-corrected chi connectivity index (χ3v) is 5.33. The largest absolute Gasteiger partial charge is 0.389 e. The van der Waals surface area contributed by atoms with Gasteiger partial charge in [0.25, 0.3) is 0 Å². The van der Waals surface area contributed by atoms with Crippen LogP contribution in [0.5, 0.6) is 0 Å². The van der Waals surface area contributed by atoms with Crippen LogP contribution in [0.1, 0.15) is 18.4 Å². The van der Waals surface area contributed by atoms with Crippen LogP contribution in [0.2, 0.25) is 0 Å². The monoisotopic (exact) mass is 369 g/mol. The molecule has 2 atom stereocenters. The molecule has 1 heterocycles. The molecule has 0 aromatic heterocycles. The molecule has 1 aromatic carbocycles. The molecule has 1 saturated heterocycles. The van der Waals surface area contributed by atoms with E-state index in [1.54, 1.807) is 17.1 Å². The molecule has 2 rings (SSSR count). The summed E-state index contributed by atoms with van der Waals surface area (Å²) in [5, 5.41) is 9.94. The van der Waals surface area contributed by atoms with Gasteiger partial charge in [-0.05, 0) is 18.4 Å². The smallest absolute Gasteiger partial charge is 0.231 e. The Morgan fingerprint density at radius 3 is 2.91 bits per heavy atom. The first-order valence-electron chi connectivity index (χ1n) is 7.55. The summed E-state index contributed by atoms with van der Waals surface area (Å²) in [5.74, 6) is 1.19. The number of amides is 1. The third-order valence-electron chi connectivity index (χ3n) is 3.56. The van der Waals surface area contributed by atoms with Crippen molar-refractivity contribution in [2.45, 2.75) is 31.4 Å². The van der Waals surface area contributed by atoms with Crippen LogP contribution in [-0.4, -0.2) is 44.0 Å². The molecule has 6 heteroatoms. The van der Waals surface area contributed by atoms with Crippen molar-refractivity contribution in [3.8, 4) is 0 Å². The zero-order valence-electron chi connectivity index (χ0n) is 12.7. The standard InChI is InChI=1S/C17H20ClNO2S2/c18-9-5-4-8-15(20)11-16(21)19-14(12-23-17(19)22)10-13-6-2-1-3-7-13/h1-4,6-8,14-15,20H,5,9-12H2/b8-4+/t14-,15?/m1/s1. The molecule has 0 radical (unpaired) electrons. The second kappa shape index (κ2) is 9.42. The lowest BCUT2D eigenvalue weighted by Crippen LogP contribution is -2.41. The van der Waals surface area contributed by atoms with Gasteiger partial charge in [0, 0.05) is 11.6 Å². The van der Waals surface area contributed by atoms with E-state index >= 15 is 0 Å². The van der Waals surface area contributed by atoms with Gasteiger partial charge in [-0.1, -0.05) is 66.5 Å². The van der Waals surface area contributed by atoms with Crippen LogP contribution in [0, 0.1) is 0 Å². The number of halogens is 1. The van der Waals surface area contributed by atoms with Crippen LogP contribution in [0.3, 0.4) is 0 Å². The number of aliphatic hydroxyl groups excluding tert-OH is 1. The first-order chi connectivity index (χ1) is 11.1. The van der Waals surface area contributed by atoms with Crippen LogP contribution < -0.4 is 0 Å². The molecule has 0 aliphatic carbocycles. The van der Waals surface area contributed by atoms with E-state index in [0.717, 1.165) is 12.2 Å². The van der Waals surface area contributed by atoms with E-state index < -0.39 is 6.10 Å². The highest BCUT2D eigenvalue weighted by atomic mass is 35.5. The molecule has 1 aliphatic heterocycles. The minimum absolute atomic E-state index is 0.0464. The van der Waals surface area contributed by atoms with Crippen molar-refractivity contribution in [2.24, 2.45) is 0 Å². The predicted octanol–water partition coefficient (Wildman–Crippen LogP) is 3.39. The molecule has 124 valence electrons. The van der Waals surface area contributed by atoms with Gasteiger partial charge in [-0.2, -0.15) is 0 Å². The number of nitrogens with zero attached hydrogens (tertiary/aromatic N) is 1. The normalized spacial score (nSPS) is 19.5. The van der Waals surface area contributed by atoms with Crippen molar-refractivity contribution >= 4 is 45.8 Å². The van der Waals surface area contributed by atoms with E-state index in [1.807, 2.05) is 18.2 Å². The molecular weight excluding hydrogens is 350 g/mol. The van der Waals surface area contributed by atoms with Crippen molar-refractivity contribution in [1.29, 1.82) is 0 Å². The summed E-state index contributed by atoms with van der Waals surface area (Å²) in [6.45, 7) is 0. The zero-order valence-corrected chi connectivity index (χ0v) is 15.1.